The molecule has 0 fully saturated rings. The van der Waals surface area contributed by atoms with Crippen LogP contribution in [0, 0.1) is 0 Å². The van der Waals surface area contributed by atoms with Gasteiger partial charge in [-0.2, -0.15) is 0 Å². The number of fused-ring (bicyclic) bond motifs is 1. The summed E-state index contributed by atoms with van der Waals surface area (Å²) in [7, 11) is 0. The number of nitrogens with zero attached hydrogens (tertiary/aromatic N) is 1. The number of pyridine rings is 1. The van der Waals surface area contributed by atoms with E-state index in [1.165, 1.54) is 0 Å². The molecule has 0 bridgehead atoms. The minimum atomic E-state index is 0.108. The maximum atomic E-state index is 10.2. The van der Waals surface area contributed by atoms with Gasteiger partial charge in [0.1, 0.15) is 11.6 Å². The van der Waals surface area contributed by atoms with Crippen molar-refractivity contribution in [2.45, 2.75) is 6.42 Å². The summed E-state index contributed by atoms with van der Waals surface area (Å²) >= 11 is 0. The number of benzene rings is 2. The maximum absolute atomic E-state index is 10.2. The summed E-state index contributed by atoms with van der Waals surface area (Å²) in [6.07, 6.45) is 0.621. The van der Waals surface area contributed by atoms with Gasteiger partial charge in [-0.1, -0.05) is 24.3 Å². The zero-order chi connectivity index (χ0) is 18.6. The summed E-state index contributed by atoms with van der Waals surface area (Å²) in [4.78, 5) is 4.63. The van der Waals surface area contributed by atoms with Gasteiger partial charge in [-0.3, -0.25) is 0 Å². The SMILES string of the molecule is OCCCNc1cc(-c2cccc3c2OCO3)cc(-c2ccccc2O)n1. The second kappa shape index (κ2) is 7.55. The molecular formula is C21H20N2O4. The number of phenolic OH excluding ortho intramolecular Hbond substituents is 1. The van der Waals surface area contributed by atoms with Crippen molar-refractivity contribution in [3.8, 4) is 39.6 Å². The van der Waals surface area contributed by atoms with Crippen molar-refractivity contribution in [2.24, 2.45) is 0 Å². The van der Waals surface area contributed by atoms with Crippen molar-refractivity contribution in [1.82, 2.24) is 4.98 Å². The summed E-state index contributed by atoms with van der Waals surface area (Å²) in [5.41, 5.74) is 3.09. The van der Waals surface area contributed by atoms with Crippen LogP contribution in [-0.2, 0) is 0 Å². The summed E-state index contributed by atoms with van der Waals surface area (Å²) in [6.45, 7) is 0.904. The average Bonchev–Trinajstić information content (AvgIpc) is 3.17. The molecule has 0 unspecified atom stereocenters. The first-order valence-electron chi connectivity index (χ1n) is 8.80. The summed E-state index contributed by atoms with van der Waals surface area (Å²) < 4.78 is 11.1. The second-order valence-electron chi connectivity index (χ2n) is 6.19. The molecule has 1 aliphatic rings. The molecule has 0 saturated heterocycles. The Morgan fingerprint density at radius 1 is 1.00 bits per heavy atom. The maximum Gasteiger partial charge on any atom is 0.231 e. The number of phenols is 1. The van der Waals surface area contributed by atoms with Gasteiger partial charge in [0, 0.05) is 24.3 Å². The Balaban J connectivity index is 1.81. The predicted octanol–water partition coefficient (Wildman–Crippen LogP) is 3.64. The van der Waals surface area contributed by atoms with Crippen LogP contribution in [0.15, 0.2) is 54.6 Å². The third-order valence-electron chi connectivity index (χ3n) is 4.35. The standard InChI is InChI=1S/C21H20N2O4/c24-10-4-9-22-20-12-14(15-6-3-8-19-21(15)27-13-26-19)11-17(23-20)16-5-1-2-7-18(16)25/h1-3,5-8,11-12,24-25H,4,9-10,13H2,(H,22,23). The fourth-order valence-corrected chi connectivity index (χ4v) is 3.06. The first kappa shape index (κ1) is 17.2. The van der Waals surface area contributed by atoms with Gasteiger partial charge in [0.2, 0.25) is 6.79 Å². The number of hydrogen-bond donors (Lipinski definition) is 3. The third kappa shape index (κ3) is 3.52. The first-order valence-corrected chi connectivity index (χ1v) is 8.80. The Morgan fingerprint density at radius 3 is 2.70 bits per heavy atom. The second-order valence-corrected chi connectivity index (χ2v) is 6.19. The molecule has 0 atom stereocenters. The van der Waals surface area contributed by atoms with Crippen molar-refractivity contribution < 1.29 is 19.7 Å². The van der Waals surface area contributed by atoms with E-state index >= 15 is 0 Å². The molecule has 3 aromatic rings. The van der Waals surface area contributed by atoms with Crippen LogP contribution < -0.4 is 14.8 Å². The van der Waals surface area contributed by atoms with Crippen LogP contribution in [0.4, 0.5) is 5.82 Å². The largest absolute Gasteiger partial charge is 0.507 e. The number of para-hydroxylation sites is 2. The summed E-state index contributed by atoms with van der Waals surface area (Å²) in [5.74, 6) is 2.24. The van der Waals surface area contributed by atoms with E-state index < -0.39 is 0 Å². The van der Waals surface area contributed by atoms with E-state index in [2.05, 4.69) is 10.3 Å². The molecule has 27 heavy (non-hydrogen) atoms. The molecule has 0 spiro atoms. The van der Waals surface area contributed by atoms with Crippen LogP contribution in [0.1, 0.15) is 6.42 Å². The van der Waals surface area contributed by atoms with Crippen molar-refractivity contribution in [1.29, 1.82) is 0 Å². The van der Waals surface area contributed by atoms with E-state index in [1.807, 2.05) is 42.5 Å². The molecule has 4 rings (SSSR count). The molecule has 0 amide bonds. The van der Waals surface area contributed by atoms with Gasteiger partial charge in [0.15, 0.2) is 11.5 Å². The van der Waals surface area contributed by atoms with Crippen LogP contribution in [0.25, 0.3) is 22.4 Å². The van der Waals surface area contributed by atoms with Crippen LogP contribution in [0.2, 0.25) is 0 Å². The van der Waals surface area contributed by atoms with Crippen LogP contribution in [0.3, 0.4) is 0 Å². The number of ether oxygens (including phenoxy) is 2. The first-order chi connectivity index (χ1) is 13.3. The number of aromatic nitrogens is 1. The van der Waals surface area contributed by atoms with Gasteiger partial charge in [-0.25, -0.2) is 4.98 Å². The van der Waals surface area contributed by atoms with Crippen LogP contribution in [0.5, 0.6) is 17.2 Å². The Hall–Kier alpha value is -3.25. The molecule has 2 aromatic carbocycles. The van der Waals surface area contributed by atoms with Gasteiger partial charge in [-0.05, 0) is 42.3 Å². The number of hydrogen-bond acceptors (Lipinski definition) is 6. The number of anilines is 1. The Labute approximate surface area is 157 Å². The van der Waals surface area contributed by atoms with Crippen molar-refractivity contribution in [3.05, 3.63) is 54.6 Å². The lowest BCUT2D eigenvalue weighted by molar-refractivity contribution is 0.174. The normalized spacial score (nSPS) is 12.2. The number of aliphatic hydroxyl groups is 1. The van der Waals surface area contributed by atoms with Gasteiger partial charge in [-0.15, -0.1) is 0 Å². The average molecular weight is 364 g/mol. The number of rotatable bonds is 6. The predicted molar refractivity (Wildman–Crippen MR) is 103 cm³/mol. The quantitative estimate of drug-likeness (QED) is 0.579. The van der Waals surface area contributed by atoms with E-state index in [-0.39, 0.29) is 19.1 Å². The van der Waals surface area contributed by atoms with Crippen molar-refractivity contribution in [2.75, 3.05) is 25.3 Å². The van der Waals surface area contributed by atoms with Crippen molar-refractivity contribution in [3.63, 3.8) is 0 Å². The lowest BCUT2D eigenvalue weighted by Gasteiger charge is -2.13. The third-order valence-corrected chi connectivity index (χ3v) is 4.35. The fourth-order valence-electron chi connectivity index (χ4n) is 3.06. The Bertz CT molecular complexity index is 959. The van der Waals surface area contributed by atoms with E-state index in [0.29, 0.717) is 41.5 Å². The zero-order valence-electron chi connectivity index (χ0n) is 14.7. The lowest BCUT2D eigenvalue weighted by atomic mass is 10.0. The highest BCUT2D eigenvalue weighted by molar-refractivity contribution is 5.80. The molecule has 3 N–H and O–H groups in total. The van der Waals surface area contributed by atoms with E-state index in [1.54, 1.807) is 12.1 Å². The molecule has 138 valence electrons. The number of nitrogens with one attached hydrogen (secondary N) is 1. The van der Waals surface area contributed by atoms with E-state index in [9.17, 15) is 5.11 Å². The molecule has 0 radical (unpaired) electrons. The van der Waals surface area contributed by atoms with Gasteiger partial charge < -0.3 is 25.0 Å². The Morgan fingerprint density at radius 2 is 1.85 bits per heavy atom. The summed E-state index contributed by atoms with van der Waals surface area (Å²) in [5, 5.41) is 22.5. The van der Waals surface area contributed by atoms with Crippen LogP contribution in [-0.4, -0.2) is 35.1 Å². The molecule has 0 saturated carbocycles. The number of aliphatic hydroxyl groups excluding tert-OH is 1. The van der Waals surface area contributed by atoms with Gasteiger partial charge in [0.05, 0.1) is 5.69 Å². The summed E-state index contributed by atoms with van der Waals surface area (Å²) in [6, 6.07) is 16.7. The van der Waals surface area contributed by atoms with E-state index in [0.717, 1.165) is 11.1 Å². The smallest absolute Gasteiger partial charge is 0.231 e. The zero-order valence-corrected chi connectivity index (χ0v) is 14.7. The minimum Gasteiger partial charge on any atom is -0.507 e. The molecule has 0 aliphatic carbocycles. The molecule has 1 aliphatic heterocycles. The Kier molecular flexibility index (Phi) is 4.80. The highest BCUT2D eigenvalue weighted by atomic mass is 16.7. The minimum absolute atomic E-state index is 0.108. The molecule has 6 nitrogen and oxygen atoms in total. The monoisotopic (exact) mass is 364 g/mol. The molecular weight excluding hydrogens is 344 g/mol. The number of aromatic hydroxyl groups is 1. The van der Waals surface area contributed by atoms with E-state index in [4.69, 9.17) is 14.6 Å². The van der Waals surface area contributed by atoms with Gasteiger partial charge >= 0.3 is 0 Å². The highest BCUT2D eigenvalue weighted by Crippen LogP contribution is 2.42. The topological polar surface area (TPSA) is 83.8 Å². The van der Waals surface area contributed by atoms with Crippen molar-refractivity contribution >= 4 is 5.82 Å². The van der Waals surface area contributed by atoms with Gasteiger partial charge in [0.25, 0.3) is 0 Å². The molecule has 1 aromatic heterocycles. The van der Waals surface area contributed by atoms with Crippen LogP contribution >= 0.6 is 0 Å². The lowest BCUT2D eigenvalue weighted by Crippen LogP contribution is -2.05. The fraction of sp³-hybridized carbons (Fsp3) is 0.190. The highest BCUT2D eigenvalue weighted by Gasteiger charge is 2.19. The molecule has 2 heterocycles. The molecule has 6 heteroatoms.